The zero-order valence-electron chi connectivity index (χ0n) is 14.7. The highest BCUT2D eigenvalue weighted by Gasteiger charge is 2.58. The van der Waals surface area contributed by atoms with Crippen LogP contribution in [0, 0.1) is 23.7 Å². The van der Waals surface area contributed by atoms with Gasteiger partial charge in [0.2, 0.25) is 11.8 Å². The standard InChI is InChI=1S/C17H24F2N4O2.HI/c1-2-20-17(22-9-12(18)19)21-6-3-7-23-15(24)13-10-4-5-11(8-10)14(13)16(23)25;/h4-5,10-14H,2-3,6-9H2,1H3,(H2,20,21,22);1H. The van der Waals surface area contributed by atoms with Crippen LogP contribution >= 0.6 is 24.0 Å². The van der Waals surface area contributed by atoms with Crippen molar-refractivity contribution < 1.29 is 18.4 Å². The van der Waals surface area contributed by atoms with Crippen LogP contribution in [0.1, 0.15) is 19.8 Å². The van der Waals surface area contributed by atoms with Gasteiger partial charge in [0.25, 0.3) is 6.43 Å². The number of halogens is 3. The van der Waals surface area contributed by atoms with Gasteiger partial charge in [-0.2, -0.15) is 0 Å². The maximum absolute atomic E-state index is 12.5. The van der Waals surface area contributed by atoms with Crippen LogP contribution in [0.25, 0.3) is 0 Å². The van der Waals surface area contributed by atoms with Gasteiger partial charge in [-0.15, -0.1) is 24.0 Å². The Kier molecular flexibility index (Phi) is 7.36. The number of amides is 2. The van der Waals surface area contributed by atoms with E-state index in [-0.39, 0.29) is 59.5 Å². The molecule has 4 unspecified atom stereocenters. The third kappa shape index (κ3) is 4.17. The lowest BCUT2D eigenvalue weighted by molar-refractivity contribution is -0.140. The molecule has 6 nitrogen and oxygen atoms in total. The molecule has 1 aliphatic heterocycles. The highest BCUT2D eigenvalue weighted by molar-refractivity contribution is 14.0. The summed E-state index contributed by atoms with van der Waals surface area (Å²) in [6.45, 7) is 2.66. The topological polar surface area (TPSA) is 73.8 Å². The summed E-state index contributed by atoms with van der Waals surface area (Å²) in [5.74, 6) is 0.324. The number of likely N-dealkylation sites (tertiary alicyclic amines) is 1. The minimum absolute atomic E-state index is 0. The zero-order valence-corrected chi connectivity index (χ0v) is 17.0. The van der Waals surface area contributed by atoms with Gasteiger partial charge in [0.1, 0.15) is 6.54 Å². The lowest BCUT2D eigenvalue weighted by Crippen LogP contribution is -2.40. The number of fused-ring (bicyclic) bond motifs is 5. The first-order chi connectivity index (χ1) is 12.0. The fourth-order valence-electron chi connectivity index (χ4n) is 4.13. The average molecular weight is 482 g/mol. The summed E-state index contributed by atoms with van der Waals surface area (Å²) in [4.78, 5) is 30.2. The van der Waals surface area contributed by atoms with Crippen molar-refractivity contribution in [1.29, 1.82) is 0 Å². The van der Waals surface area contributed by atoms with Gasteiger partial charge >= 0.3 is 0 Å². The van der Waals surface area contributed by atoms with Gasteiger partial charge in [0, 0.05) is 19.6 Å². The molecule has 3 rings (SSSR count). The van der Waals surface area contributed by atoms with Crippen LogP contribution in [0.5, 0.6) is 0 Å². The summed E-state index contributed by atoms with van der Waals surface area (Å²) < 4.78 is 24.5. The maximum Gasteiger partial charge on any atom is 0.257 e. The highest BCUT2D eigenvalue weighted by Crippen LogP contribution is 2.52. The molecule has 1 saturated carbocycles. The van der Waals surface area contributed by atoms with Crippen LogP contribution in [0.15, 0.2) is 17.1 Å². The average Bonchev–Trinajstić information content (AvgIpc) is 3.25. The van der Waals surface area contributed by atoms with Gasteiger partial charge in [-0.25, -0.2) is 13.8 Å². The van der Waals surface area contributed by atoms with E-state index in [2.05, 4.69) is 27.8 Å². The molecule has 26 heavy (non-hydrogen) atoms. The van der Waals surface area contributed by atoms with Crippen molar-refractivity contribution in [2.45, 2.75) is 26.2 Å². The minimum Gasteiger partial charge on any atom is -0.357 e. The van der Waals surface area contributed by atoms with E-state index in [1.165, 1.54) is 4.90 Å². The summed E-state index contributed by atoms with van der Waals surface area (Å²) in [5.41, 5.74) is 0. The molecule has 146 valence electrons. The molecule has 0 aromatic heterocycles. The van der Waals surface area contributed by atoms with Gasteiger partial charge in [-0.3, -0.25) is 14.5 Å². The predicted octanol–water partition coefficient (Wildman–Crippen LogP) is 1.62. The van der Waals surface area contributed by atoms with E-state index >= 15 is 0 Å². The van der Waals surface area contributed by atoms with Crippen LogP contribution in [0.3, 0.4) is 0 Å². The van der Waals surface area contributed by atoms with Crippen molar-refractivity contribution in [2.24, 2.45) is 28.7 Å². The molecule has 1 saturated heterocycles. The summed E-state index contributed by atoms with van der Waals surface area (Å²) >= 11 is 0. The van der Waals surface area contributed by atoms with Crippen molar-refractivity contribution in [1.82, 2.24) is 15.5 Å². The number of imide groups is 1. The molecule has 2 bridgehead atoms. The Morgan fingerprint density at radius 2 is 1.85 bits per heavy atom. The predicted molar refractivity (Wildman–Crippen MR) is 104 cm³/mol. The van der Waals surface area contributed by atoms with E-state index in [1.54, 1.807) is 0 Å². The second-order valence-electron chi connectivity index (χ2n) is 6.72. The van der Waals surface area contributed by atoms with Crippen molar-refractivity contribution >= 4 is 41.8 Å². The maximum atomic E-state index is 12.5. The molecular formula is C17H25F2IN4O2. The van der Waals surface area contributed by atoms with Gasteiger partial charge in [-0.05, 0) is 31.6 Å². The van der Waals surface area contributed by atoms with E-state index in [1.807, 2.05) is 6.92 Å². The number of guanidine groups is 1. The van der Waals surface area contributed by atoms with Crippen LogP contribution in [-0.2, 0) is 9.59 Å². The molecule has 4 atom stereocenters. The first-order valence-corrected chi connectivity index (χ1v) is 8.86. The molecule has 2 aliphatic carbocycles. The molecule has 3 aliphatic rings. The summed E-state index contributed by atoms with van der Waals surface area (Å²) in [7, 11) is 0. The first-order valence-electron chi connectivity index (χ1n) is 8.86. The number of alkyl halides is 2. The second kappa shape index (κ2) is 9.09. The lowest BCUT2D eigenvalue weighted by atomic mass is 9.85. The molecule has 0 aromatic carbocycles. The van der Waals surface area contributed by atoms with Crippen molar-refractivity contribution in [3.63, 3.8) is 0 Å². The molecule has 9 heteroatoms. The van der Waals surface area contributed by atoms with Crippen LogP contribution in [-0.4, -0.2) is 55.3 Å². The van der Waals surface area contributed by atoms with Crippen LogP contribution in [0.4, 0.5) is 8.78 Å². The Morgan fingerprint density at radius 3 is 2.38 bits per heavy atom. The van der Waals surface area contributed by atoms with Gasteiger partial charge < -0.3 is 10.6 Å². The van der Waals surface area contributed by atoms with Crippen molar-refractivity contribution in [2.75, 3.05) is 26.2 Å². The van der Waals surface area contributed by atoms with E-state index in [0.717, 1.165) is 6.42 Å². The Bertz CT molecular complexity index is 569. The number of hydrogen-bond donors (Lipinski definition) is 2. The summed E-state index contributed by atoms with van der Waals surface area (Å²) in [5, 5.41) is 5.84. The van der Waals surface area contributed by atoms with E-state index in [4.69, 9.17) is 0 Å². The van der Waals surface area contributed by atoms with Crippen LogP contribution < -0.4 is 10.6 Å². The molecule has 2 fully saturated rings. The van der Waals surface area contributed by atoms with Gasteiger partial charge in [0.15, 0.2) is 5.96 Å². The summed E-state index contributed by atoms with van der Waals surface area (Å²) in [6.07, 6.45) is 3.14. The fraction of sp³-hybridized carbons (Fsp3) is 0.706. The Labute approximate surface area is 168 Å². The molecule has 1 heterocycles. The number of allylic oxidation sites excluding steroid dienone is 2. The molecule has 0 spiro atoms. The fourth-order valence-corrected chi connectivity index (χ4v) is 4.13. The van der Waals surface area contributed by atoms with Crippen molar-refractivity contribution in [3.8, 4) is 0 Å². The third-order valence-electron chi connectivity index (χ3n) is 5.14. The number of rotatable bonds is 7. The quantitative estimate of drug-likeness (QED) is 0.145. The van der Waals surface area contributed by atoms with Gasteiger partial charge in [0.05, 0.1) is 11.8 Å². The number of carbonyl (C=O) groups excluding carboxylic acids is 2. The minimum atomic E-state index is -2.49. The normalized spacial score (nSPS) is 29.4. The second-order valence-corrected chi connectivity index (χ2v) is 6.72. The Morgan fingerprint density at radius 1 is 1.23 bits per heavy atom. The Hall–Kier alpha value is -1.26. The monoisotopic (exact) mass is 482 g/mol. The zero-order chi connectivity index (χ0) is 18.0. The number of nitrogens with zero attached hydrogens (tertiary/aromatic N) is 2. The molecule has 2 N–H and O–H groups in total. The summed E-state index contributed by atoms with van der Waals surface area (Å²) in [6, 6.07) is 0. The molecular weight excluding hydrogens is 457 g/mol. The van der Waals surface area contributed by atoms with Gasteiger partial charge in [-0.1, -0.05) is 12.2 Å². The third-order valence-corrected chi connectivity index (χ3v) is 5.14. The lowest BCUT2D eigenvalue weighted by Gasteiger charge is -2.18. The SMILES string of the molecule is CCNC(=NCC(F)F)NCCCN1C(=O)C2C3C=CC(C3)C2C1=O.I. The van der Waals surface area contributed by atoms with Crippen molar-refractivity contribution in [3.05, 3.63) is 12.2 Å². The number of nitrogens with one attached hydrogen (secondary N) is 2. The highest BCUT2D eigenvalue weighted by atomic mass is 127. The van der Waals surface area contributed by atoms with E-state index in [9.17, 15) is 18.4 Å². The van der Waals surface area contributed by atoms with E-state index < -0.39 is 13.0 Å². The largest absolute Gasteiger partial charge is 0.357 e. The van der Waals surface area contributed by atoms with E-state index in [0.29, 0.717) is 32.0 Å². The molecule has 0 aromatic rings. The van der Waals surface area contributed by atoms with Crippen LogP contribution in [0.2, 0.25) is 0 Å². The number of carbonyl (C=O) groups is 2. The molecule has 2 amide bonds. The smallest absolute Gasteiger partial charge is 0.257 e. The number of hydrogen-bond acceptors (Lipinski definition) is 3. The molecule has 0 radical (unpaired) electrons. The number of aliphatic imine (C=N–C) groups is 1. The first kappa shape index (κ1) is 21.0. The Balaban J connectivity index is 0.00000243.